The normalized spacial score (nSPS) is 20.2. The minimum absolute atomic E-state index is 0.0292. The van der Waals surface area contributed by atoms with Crippen LogP contribution in [0.5, 0.6) is 5.75 Å². The van der Waals surface area contributed by atoms with Crippen LogP contribution in [-0.2, 0) is 34.8 Å². The molecule has 34 heavy (non-hydrogen) atoms. The van der Waals surface area contributed by atoms with Crippen molar-refractivity contribution in [1.29, 1.82) is 0 Å². The number of benzene rings is 1. The molecule has 2 saturated heterocycles. The molecule has 1 aromatic carbocycles. The minimum atomic E-state index is -0.355. The second-order valence-electron chi connectivity index (χ2n) is 9.95. The summed E-state index contributed by atoms with van der Waals surface area (Å²) in [6.07, 6.45) is 4.48. The van der Waals surface area contributed by atoms with Crippen molar-refractivity contribution < 1.29 is 14.3 Å². The lowest BCUT2D eigenvalue weighted by molar-refractivity contribution is -0.121. The number of pyridine rings is 1. The van der Waals surface area contributed by atoms with Crippen LogP contribution in [0.4, 0.5) is 5.82 Å². The van der Waals surface area contributed by atoms with E-state index < -0.39 is 0 Å². The Morgan fingerprint density at radius 2 is 1.97 bits per heavy atom. The van der Waals surface area contributed by atoms with Crippen LogP contribution < -0.4 is 9.64 Å². The van der Waals surface area contributed by atoms with E-state index in [-0.39, 0.29) is 16.9 Å². The summed E-state index contributed by atoms with van der Waals surface area (Å²) in [5, 5.41) is 8.28. The highest BCUT2D eigenvalue weighted by molar-refractivity contribution is 5.95. The SMILES string of the molecule is CN1CC2(C1)CN(C(=O)Cc1cccc(C3(Cc4nncn4C)COC3)c1)c1ncccc1O2. The van der Waals surface area contributed by atoms with Crippen LogP contribution in [0.2, 0.25) is 0 Å². The zero-order valence-corrected chi connectivity index (χ0v) is 19.5. The topological polar surface area (TPSA) is 85.6 Å². The Balaban J connectivity index is 1.24. The number of nitrogens with zero attached hydrogens (tertiary/aromatic N) is 6. The average Bonchev–Trinajstić information content (AvgIpc) is 3.19. The first-order chi connectivity index (χ1) is 16.5. The van der Waals surface area contributed by atoms with Gasteiger partial charge in [0, 0.05) is 38.2 Å². The first kappa shape index (κ1) is 21.2. The van der Waals surface area contributed by atoms with E-state index in [0.29, 0.717) is 37.7 Å². The van der Waals surface area contributed by atoms with Gasteiger partial charge < -0.3 is 14.0 Å². The summed E-state index contributed by atoms with van der Waals surface area (Å²) in [7, 11) is 4.02. The second-order valence-corrected chi connectivity index (χ2v) is 9.95. The summed E-state index contributed by atoms with van der Waals surface area (Å²) in [4.78, 5) is 22.0. The second kappa shape index (κ2) is 7.89. The molecule has 1 amide bonds. The number of likely N-dealkylation sites (N-methyl/N-ethyl adjacent to an activating group) is 1. The standard InChI is InChI=1S/C25H28N6O3/c1-29-12-25(13-29)14-31(23-20(34-25)7-4-8-26-23)22(32)10-18-5-3-6-19(9-18)24(15-33-16-24)11-21-28-27-17-30(21)2/h3-9,17H,10-16H2,1-2H3. The van der Waals surface area contributed by atoms with E-state index in [0.717, 1.165) is 30.9 Å². The van der Waals surface area contributed by atoms with Gasteiger partial charge in [-0.05, 0) is 30.3 Å². The van der Waals surface area contributed by atoms with Gasteiger partial charge in [0.05, 0.1) is 26.2 Å². The molecule has 3 aromatic rings. The zero-order chi connectivity index (χ0) is 23.3. The molecule has 0 radical (unpaired) electrons. The lowest BCUT2D eigenvalue weighted by atomic mass is 9.75. The number of hydrogen-bond acceptors (Lipinski definition) is 7. The number of rotatable bonds is 5. The third kappa shape index (κ3) is 3.56. The smallest absolute Gasteiger partial charge is 0.232 e. The molecule has 3 aliphatic rings. The number of carbonyl (C=O) groups excluding carboxylic acids is 1. The predicted molar refractivity (Wildman–Crippen MR) is 125 cm³/mol. The van der Waals surface area contributed by atoms with Gasteiger partial charge >= 0.3 is 0 Å². The van der Waals surface area contributed by atoms with E-state index in [4.69, 9.17) is 9.47 Å². The molecule has 0 bridgehead atoms. The first-order valence-electron chi connectivity index (χ1n) is 11.6. The Kier molecular flexibility index (Phi) is 4.93. The maximum absolute atomic E-state index is 13.6. The third-order valence-corrected chi connectivity index (χ3v) is 7.15. The van der Waals surface area contributed by atoms with Crippen molar-refractivity contribution in [3.8, 4) is 5.75 Å². The fourth-order valence-electron chi connectivity index (χ4n) is 5.37. The van der Waals surface area contributed by atoms with Crippen molar-refractivity contribution in [1.82, 2.24) is 24.6 Å². The van der Waals surface area contributed by atoms with Crippen LogP contribution in [0.1, 0.15) is 17.0 Å². The van der Waals surface area contributed by atoms with Gasteiger partial charge in [0.15, 0.2) is 17.2 Å². The molecule has 2 fully saturated rings. The number of aryl methyl sites for hydroxylation is 1. The number of amides is 1. The average molecular weight is 461 g/mol. The summed E-state index contributed by atoms with van der Waals surface area (Å²) < 4.78 is 13.9. The molecule has 0 unspecified atom stereocenters. The van der Waals surface area contributed by atoms with Crippen molar-refractivity contribution in [3.05, 3.63) is 65.9 Å². The zero-order valence-electron chi connectivity index (χ0n) is 19.5. The van der Waals surface area contributed by atoms with Gasteiger partial charge in [0.1, 0.15) is 12.2 Å². The number of hydrogen-bond donors (Lipinski definition) is 0. The maximum Gasteiger partial charge on any atom is 0.232 e. The molecule has 9 nitrogen and oxygen atoms in total. The largest absolute Gasteiger partial charge is 0.479 e. The fourth-order valence-corrected chi connectivity index (χ4v) is 5.37. The Hall–Kier alpha value is -3.30. The Labute approximate surface area is 198 Å². The monoisotopic (exact) mass is 460 g/mol. The molecular weight excluding hydrogens is 432 g/mol. The molecule has 0 aliphatic carbocycles. The molecule has 176 valence electrons. The van der Waals surface area contributed by atoms with E-state index in [1.807, 2.05) is 35.9 Å². The van der Waals surface area contributed by atoms with Crippen molar-refractivity contribution in [3.63, 3.8) is 0 Å². The lowest BCUT2D eigenvalue weighted by Crippen LogP contribution is -2.70. The predicted octanol–water partition coefficient (Wildman–Crippen LogP) is 1.37. The Morgan fingerprint density at radius 3 is 2.68 bits per heavy atom. The molecule has 3 aliphatic heterocycles. The number of aromatic nitrogens is 4. The molecule has 6 rings (SSSR count). The summed E-state index contributed by atoms with van der Waals surface area (Å²) in [6.45, 7) is 3.38. The highest BCUT2D eigenvalue weighted by Crippen LogP contribution is 2.39. The Bertz CT molecular complexity index is 1230. The number of likely N-dealkylation sites (tertiary alicyclic amines) is 1. The van der Waals surface area contributed by atoms with Crippen LogP contribution in [0.3, 0.4) is 0 Å². The van der Waals surface area contributed by atoms with Crippen molar-refractivity contribution in [2.75, 3.05) is 44.8 Å². The van der Waals surface area contributed by atoms with E-state index in [2.05, 4.69) is 39.3 Å². The lowest BCUT2D eigenvalue weighted by Gasteiger charge is -2.52. The molecule has 5 heterocycles. The quantitative estimate of drug-likeness (QED) is 0.569. The molecule has 1 spiro atoms. The van der Waals surface area contributed by atoms with Crippen molar-refractivity contribution >= 4 is 11.7 Å². The molecule has 9 heteroatoms. The summed E-state index contributed by atoms with van der Waals surface area (Å²) in [5.41, 5.74) is 1.65. The van der Waals surface area contributed by atoms with E-state index in [9.17, 15) is 4.79 Å². The first-order valence-corrected chi connectivity index (χ1v) is 11.6. The number of fused-ring (bicyclic) bond motifs is 1. The summed E-state index contributed by atoms with van der Waals surface area (Å²) in [6, 6.07) is 12.1. The number of anilines is 1. The minimum Gasteiger partial charge on any atom is -0.479 e. The van der Waals surface area contributed by atoms with Crippen LogP contribution in [0, 0.1) is 0 Å². The number of ether oxygens (including phenoxy) is 2. The van der Waals surface area contributed by atoms with E-state index in [1.54, 1.807) is 17.4 Å². The van der Waals surface area contributed by atoms with Gasteiger partial charge in [-0.3, -0.25) is 14.6 Å². The van der Waals surface area contributed by atoms with Gasteiger partial charge in [0.25, 0.3) is 0 Å². The Morgan fingerprint density at radius 1 is 1.12 bits per heavy atom. The van der Waals surface area contributed by atoms with Crippen LogP contribution in [-0.4, -0.2) is 76.1 Å². The van der Waals surface area contributed by atoms with Crippen LogP contribution in [0.15, 0.2) is 48.9 Å². The highest BCUT2D eigenvalue weighted by Gasteiger charge is 2.49. The van der Waals surface area contributed by atoms with Crippen molar-refractivity contribution in [2.24, 2.45) is 7.05 Å². The van der Waals surface area contributed by atoms with Crippen LogP contribution >= 0.6 is 0 Å². The third-order valence-electron chi connectivity index (χ3n) is 7.15. The molecule has 0 saturated carbocycles. The van der Waals surface area contributed by atoms with Gasteiger partial charge in [-0.1, -0.05) is 24.3 Å². The summed E-state index contributed by atoms with van der Waals surface area (Å²) >= 11 is 0. The van der Waals surface area contributed by atoms with Gasteiger partial charge in [-0.2, -0.15) is 0 Å². The van der Waals surface area contributed by atoms with Gasteiger partial charge in [-0.25, -0.2) is 4.98 Å². The summed E-state index contributed by atoms with van der Waals surface area (Å²) in [5.74, 6) is 2.24. The van der Waals surface area contributed by atoms with E-state index >= 15 is 0 Å². The van der Waals surface area contributed by atoms with Gasteiger partial charge in [-0.15, -0.1) is 10.2 Å². The molecular formula is C25H28N6O3. The molecule has 2 aromatic heterocycles. The van der Waals surface area contributed by atoms with E-state index in [1.165, 1.54) is 5.56 Å². The van der Waals surface area contributed by atoms with Crippen molar-refractivity contribution in [2.45, 2.75) is 23.9 Å². The maximum atomic E-state index is 13.6. The number of carbonyl (C=O) groups is 1. The highest BCUT2D eigenvalue weighted by atomic mass is 16.5. The molecule has 0 atom stereocenters. The molecule has 0 N–H and O–H groups in total. The van der Waals surface area contributed by atoms with Gasteiger partial charge in [0.2, 0.25) is 5.91 Å². The van der Waals surface area contributed by atoms with Crippen LogP contribution in [0.25, 0.3) is 0 Å². The fraction of sp³-hybridized carbons (Fsp3) is 0.440.